The third kappa shape index (κ3) is 6.57. The van der Waals surface area contributed by atoms with Gasteiger partial charge in [0.15, 0.2) is 0 Å². The number of nitrogens with two attached hydrogens (primary N) is 1. The van der Waals surface area contributed by atoms with Crippen molar-refractivity contribution in [3.8, 4) is 0 Å². The summed E-state index contributed by atoms with van der Waals surface area (Å²) in [6.45, 7) is 3.71. The molecule has 102 valence electrons. The van der Waals surface area contributed by atoms with Crippen molar-refractivity contribution in [1.29, 1.82) is 0 Å². The zero-order valence-electron chi connectivity index (χ0n) is 11.3. The Balaban J connectivity index is 2.00. The summed E-state index contributed by atoms with van der Waals surface area (Å²) < 4.78 is 5.61. The van der Waals surface area contributed by atoms with Gasteiger partial charge in [-0.3, -0.25) is 0 Å². The van der Waals surface area contributed by atoms with Crippen LogP contribution < -0.4 is 11.3 Å². The number of nitrogens with one attached hydrogen (secondary N) is 1. The minimum absolute atomic E-state index is 0.632. The van der Waals surface area contributed by atoms with Gasteiger partial charge in [0, 0.05) is 12.8 Å². The lowest BCUT2D eigenvalue weighted by atomic mass is 10.1. The quantitative estimate of drug-likeness (QED) is 0.381. The molecule has 0 amide bonds. The minimum Gasteiger partial charge on any atom is -0.377 e. The predicted molar refractivity (Wildman–Crippen MR) is 75.1 cm³/mol. The Morgan fingerprint density at radius 1 is 1.17 bits per heavy atom. The first-order valence-electron chi connectivity index (χ1n) is 6.86. The van der Waals surface area contributed by atoms with E-state index in [1.165, 1.54) is 32.1 Å². The van der Waals surface area contributed by atoms with E-state index < -0.39 is 0 Å². The maximum atomic E-state index is 5.61. The van der Waals surface area contributed by atoms with Crippen molar-refractivity contribution in [3.05, 3.63) is 23.9 Å². The summed E-state index contributed by atoms with van der Waals surface area (Å²) >= 11 is 0. The number of nitrogen functional groups attached to an aromatic ring is 1. The Hall–Kier alpha value is -1.13. The van der Waals surface area contributed by atoms with Crippen LogP contribution in [0, 0.1) is 0 Å². The number of aromatic nitrogens is 1. The van der Waals surface area contributed by atoms with Gasteiger partial charge in [0.2, 0.25) is 0 Å². The molecule has 1 aromatic heterocycles. The number of hydrogen-bond donors (Lipinski definition) is 2. The third-order valence-electron chi connectivity index (χ3n) is 2.88. The van der Waals surface area contributed by atoms with Crippen molar-refractivity contribution < 1.29 is 4.74 Å². The molecule has 1 rings (SSSR count). The Bertz CT molecular complexity index is 300. The first-order valence-corrected chi connectivity index (χ1v) is 6.86. The van der Waals surface area contributed by atoms with E-state index in [1.54, 1.807) is 6.20 Å². The number of rotatable bonds is 10. The van der Waals surface area contributed by atoms with Crippen molar-refractivity contribution in [1.82, 2.24) is 4.98 Å². The molecule has 0 fully saturated rings. The average Bonchev–Trinajstić information content (AvgIpc) is 2.42. The summed E-state index contributed by atoms with van der Waals surface area (Å²) in [4.78, 5) is 4.13. The summed E-state index contributed by atoms with van der Waals surface area (Å²) in [5.74, 6) is 5.92. The predicted octanol–water partition coefficient (Wildman–Crippen LogP) is 3.24. The monoisotopic (exact) mass is 251 g/mol. The lowest BCUT2D eigenvalue weighted by Crippen LogP contribution is -2.08. The second-order valence-corrected chi connectivity index (χ2v) is 4.52. The van der Waals surface area contributed by atoms with Gasteiger partial charge in [0.25, 0.3) is 0 Å². The highest BCUT2D eigenvalue weighted by molar-refractivity contribution is 5.33. The fraction of sp³-hybridized carbons (Fsp3) is 0.643. The molecule has 0 spiro atoms. The van der Waals surface area contributed by atoms with E-state index in [9.17, 15) is 0 Å². The molecule has 0 unspecified atom stereocenters. The van der Waals surface area contributed by atoms with E-state index in [-0.39, 0.29) is 0 Å². The number of anilines is 1. The summed E-state index contributed by atoms with van der Waals surface area (Å²) in [5.41, 5.74) is 3.59. The molecule has 0 radical (unpaired) electrons. The second-order valence-electron chi connectivity index (χ2n) is 4.52. The van der Waals surface area contributed by atoms with Crippen LogP contribution in [0.2, 0.25) is 0 Å². The highest BCUT2D eigenvalue weighted by Crippen LogP contribution is 2.07. The largest absolute Gasteiger partial charge is 0.377 e. The summed E-state index contributed by atoms with van der Waals surface area (Å²) in [7, 11) is 0. The maximum Gasteiger partial charge on any atom is 0.139 e. The number of pyridine rings is 1. The zero-order valence-corrected chi connectivity index (χ0v) is 11.3. The maximum absolute atomic E-state index is 5.61. The van der Waals surface area contributed by atoms with Gasteiger partial charge in [-0.1, -0.05) is 45.1 Å². The van der Waals surface area contributed by atoms with Gasteiger partial charge in [-0.2, -0.15) is 0 Å². The van der Waals surface area contributed by atoms with Gasteiger partial charge < -0.3 is 10.2 Å². The summed E-state index contributed by atoms with van der Waals surface area (Å²) in [5, 5.41) is 0. The molecule has 0 aliphatic heterocycles. The molecule has 0 aliphatic carbocycles. The van der Waals surface area contributed by atoms with Crippen LogP contribution >= 0.6 is 0 Å². The smallest absolute Gasteiger partial charge is 0.139 e. The summed E-state index contributed by atoms with van der Waals surface area (Å²) in [6.07, 6.45) is 9.55. The molecule has 18 heavy (non-hydrogen) atoms. The molecule has 0 atom stereocenters. The number of ether oxygens (including phenoxy) is 1. The van der Waals surface area contributed by atoms with Crippen molar-refractivity contribution in [2.75, 3.05) is 12.0 Å². The zero-order chi connectivity index (χ0) is 13.1. The van der Waals surface area contributed by atoms with Crippen LogP contribution in [0.1, 0.15) is 51.0 Å². The van der Waals surface area contributed by atoms with Crippen LogP contribution in [-0.2, 0) is 11.3 Å². The van der Waals surface area contributed by atoms with Gasteiger partial charge in [0.1, 0.15) is 5.82 Å². The van der Waals surface area contributed by atoms with Crippen LogP contribution in [0.3, 0.4) is 0 Å². The van der Waals surface area contributed by atoms with Gasteiger partial charge in [-0.15, -0.1) is 0 Å². The first kappa shape index (κ1) is 14.9. The SMILES string of the molecule is CCCCCCCCOCc1ccc(NN)nc1. The molecular formula is C14H25N3O. The molecule has 0 saturated heterocycles. The highest BCUT2D eigenvalue weighted by atomic mass is 16.5. The number of hydrogen-bond acceptors (Lipinski definition) is 4. The van der Waals surface area contributed by atoms with Crippen LogP contribution in [0.15, 0.2) is 18.3 Å². The molecule has 0 aromatic carbocycles. The van der Waals surface area contributed by atoms with Crippen molar-refractivity contribution in [3.63, 3.8) is 0 Å². The molecule has 0 bridgehead atoms. The topological polar surface area (TPSA) is 60.2 Å². The first-order chi connectivity index (χ1) is 8.86. The summed E-state index contributed by atoms with van der Waals surface area (Å²) in [6, 6.07) is 3.83. The normalized spacial score (nSPS) is 10.6. The van der Waals surface area contributed by atoms with Crippen LogP contribution in [0.25, 0.3) is 0 Å². The molecule has 1 heterocycles. The van der Waals surface area contributed by atoms with E-state index in [4.69, 9.17) is 10.6 Å². The number of unbranched alkanes of at least 4 members (excludes halogenated alkanes) is 5. The fourth-order valence-corrected chi connectivity index (χ4v) is 1.77. The number of nitrogens with zero attached hydrogens (tertiary/aromatic N) is 1. The average molecular weight is 251 g/mol. The van der Waals surface area contributed by atoms with Crippen molar-refractivity contribution in [2.45, 2.75) is 52.1 Å². The Labute approximate surface area is 110 Å². The minimum atomic E-state index is 0.632. The number of hydrazine groups is 1. The Morgan fingerprint density at radius 2 is 1.94 bits per heavy atom. The van der Waals surface area contributed by atoms with Crippen LogP contribution in [-0.4, -0.2) is 11.6 Å². The molecule has 0 saturated carbocycles. The van der Waals surface area contributed by atoms with E-state index in [0.29, 0.717) is 12.4 Å². The fourth-order valence-electron chi connectivity index (χ4n) is 1.77. The van der Waals surface area contributed by atoms with E-state index >= 15 is 0 Å². The van der Waals surface area contributed by atoms with Gasteiger partial charge in [-0.25, -0.2) is 10.8 Å². The lowest BCUT2D eigenvalue weighted by molar-refractivity contribution is 0.116. The van der Waals surface area contributed by atoms with Crippen molar-refractivity contribution in [2.24, 2.45) is 5.84 Å². The lowest BCUT2D eigenvalue weighted by Gasteiger charge is -2.05. The van der Waals surface area contributed by atoms with E-state index in [2.05, 4.69) is 17.3 Å². The van der Waals surface area contributed by atoms with Crippen molar-refractivity contribution >= 4 is 5.82 Å². The van der Waals surface area contributed by atoms with Crippen LogP contribution in [0.5, 0.6) is 0 Å². The molecule has 3 N–H and O–H groups in total. The molecule has 0 aliphatic rings. The standard InChI is InChI=1S/C14H25N3O/c1-2-3-4-5-6-7-10-18-12-13-8-9-14(17-15)16-11-13/h8-9,11H,2-7,10,12,15H2,1H3,(H,16,17). The third-order valence-corrected chi connectivity index (χ3v) is 2.88. The molecule has 1 aromatic rings. The second kappa shape index (κ2) is 9.85. The molecule has 4 nitrogen and oxygen atoms in total. The highest BCUT2D eigenvalue weighted by Gasteiger charge is 1.95. The van der Waals surface area contributed by atoms with Gasteiger partial charge in [0.05, 0.1) is 6.61 Å². The van der Waals surface area contributed by atoms with E-state index in [0.717, 1.165) is 18.6 Å². The Kier molecular flexibility index (Phi) is 8.17. The van der Waals surface area contributed by atoms with Crippen LogP contribution in [0.4, 0.5) is 5.82 Å². The van der Waals surface area contributed by atoms with E-state index in [1.807, 2.05) is 12.1 Å². The van der Waals surface area contributed by atoms with Gasteiger partial charge in [-0.05, 0) is 18.1 Å². The molecular weight excluding hydrogens is 226 g/mol. The Morgan fingerprint density at radius 3 is 2.61 bits per heavy atom. The van der Waals surface area contributed by atoms with Gasteiger partial charge >= 0.3 is 0 Å². The molecule has 4 heteroatoms.